The Labute approximate surface area is 127 Å². The largest absolute Gasteiger partial charge is 0.496 e. The van der Waals surface area contributed by atoms with Gasteiger partial charge in [0, 0.05) is 11.8 Å². The predicted molar refractivity (Wildman–Crippen MR) is 78.6 cm³/mol. The topological polar surface area (TPSA) is 102 Å². The Morgan fingerprint density at radius 2 is 2.09 bits per heavy atom. The fourth-order valence-corrected chi connectivity index (χ4v) is 2.19. The predicted octanol–water partition coefficient (Wildman–Crippen LogP) is 0.149. The highest BCUT2D eigenvalue weighted by Gasteiger charge is 2.34. The lowest BCUT2D eigenvalue weighted by atomic mass is 10.0. The molecule has 7 nitrogen and oxygen atoms in total. The average molecular weight is 301 g/mol. The monoisotopic (exact) mass is 301 g/mol. The molecule has 3 N–H and O–H groups in total. The number of allylic oxidation sites excluding steroid dienone is 2. The summed E-state index contributed by atoms with van der Waals surface area (Å²) in [6.07, 6.45) is 4.91. The van der Waals surface area contributed by atoms with Crippen LogP contribution in [0.4, 0.5) is 0 Å². The molecule has 1 heterocycles. The van der Waals surface area contributed by atoms with Crippen molar-refractivity contribution >= 4 is 18.1 Å². The zero-order valence-corrected chi connectivity index (χ0v) is 11.9. The summed E-state index contributed by atoms with van der Waals surface area (Å²) in [4.78, 5) is 36.9. The maximum absolute atomic E-state index is 12.7. The summed E-state index contributed by atoms with van der Waals surface area (Å²) < 4.78 is 5.15. The molecule has 1 aliphatic rings. The van der Waals surface area contributed by atoms with Crippen molar-refractivity contribution in [3.05, 3.63) is 53.8 Å². The van der Waals surface area contributed by atoms with Gasteiger partial charge in [0.1, 0.15) is 18.1 Å². The van der Waals surface area contributed by atoms with Crippen LogP contribution in [-0.2, 0) is 9.59 Å². The fourth-order valence-electron chi connectivity index (χ4n) is 2.19. The standard InChI is InChI=1S/C15H15N3O4/c1-22-12-7-3-2-6-11(12)15(21)18-8-4-5-10(9-19)13(18)14(20)17-16/h2-9,13H,16H2,1H3,(H,17,20). The second-order valence-electron chi connectivity index (χ2n) is 4.45. The van der Waals surface area contributed by atoms with E-state index in [1.165, 1.54) is 25.5 Å². The number of rotatable bonds is 4. The summed E-state index contributed by atoms with van der Waals surface area (Å²) in [6, 6.07) is 5.49. The van der Waals surface area contributed by atoms with Crippen LogP contribution in [0.25, 0.3) is 0 Å². The number of hydrogen-bond acceptors (Lipinski definition) is 5. The lowest BCUT2D eigenvalue weighted by molar-refractivity contribution is -0.124. The molecule has 1 aromatic carbocycles. The van der Waals surface area contributed by atoms with Crippen molar-refractivity contribution in [1.82, 2.24) is 10.3 Å². The van der Waals surface area contributed by atoms with Gasteiger partial charge in [0.25, 0.3) is 11.8 Å². The van der Waals surface area contributed by atoms with Gasteiger partial charge in [0.2, 0.25) is 0 Å². The minimum atomic E-state index is -1.12. The molecule has 7 heteroatoms. The molecule has 22 heavy (non-hydrogen) atoms. The second-order valence-corrected chi connectivity index (χ2v) is 4.45. The van der Waals surface area contributed by atoms with Gasteiger partial charge in [-0.1, -0.05) is 18.2 Å². The van der Waals surface area contributed by atoms with Crippen molar-refractivity contribution in [3.63, 3.8) is 0 Å². The Balaban J connectivity index is 2.43. The number of ether oxygens (including phenoxy) is 1. The molecule has 1 aromatic rings. The first kappa shape index (κ1) is 15.5. The molecule has 0 aromatic heterocycles. The van der Waals surface area contributed by atoms with Gasteiger partial charge < -0.3 is 4.74 Å². The van der Waals surface area contributed by atoms with E-state index in [0.29, 0.717) is 12.0 Å². The van der Waals surface area contributed by atoms with E-state index < -0.39 is 17.9 Å². The van der Waals surface area contributed by atoms with Crippen molar-refractivity contribution in [2.24, 2.45) is 5.84 Å². The Morgan fingerprint density at radius 1 is 1.36 bits per heavy atom. The zero-order valence-electron chi connectivity index (χ0n) is 11.9. The van der Waals surface area contributed by atoms with E-state index in [0.717, 1.165) is 4.90 Å². The summed E-state index contributed by atoms with van der Waals surface area (Å²) in [6.45, 7) is 0. The van der Waals surface area contributed by atoms with Gasteiger partial charge in [-0.25, -0.2) is 5.84 Å². The van der Waals surface area contributed by atoms with Crippen LogP contribution in [0.1, 0.15) is 10.4 Å². The van der Waals surface area contributed by atoms with E-state index in [1.54, 1.807) is 24.3 Å². The van der Waals surface area contributed by atoms with Crippen molar-refractivity contribution in [2.45, 2.75) is 6.04 Å². The molecule has 0 bridgehead atoms. The Hall–Kier alpha value is -2.93. The molecule has 0 saturated heterocycles. The molecule has 2 amide bonds. The number of hydrazine groups is 1. The smallest absolute Gasteiger partial charge is 0.262 e. The molecule has 0 saturated carbocycles. The first-order chi connectivity index (χ1) is 10.6. The SMILES string of the molecule is COc1ccccc1C(=O)N1C=CC=C(C=O)C1C(=O)NN. The summed E-state index contributed by atoms with van der Waals surface area (Å²) >= 11 is 0. The quantitative estimate of drug-likeness (QED) is 0.357. The number of benzene rings is 1. The maximum atomic E-state index is 12.7. The summed E-state index contributed by atoms with van der Waals surface area (Å²) in [5.74, 6) is 4.38. The van der Waals surface area contributed by atoms with E-state index in [1.807, 2.05) is 5.43 Å². The van der Waals surface area contributed by atoms with E-state index in [-0.39, 0.29) is 11.1 Å². The van der Waals surface area contributed by atoms with Crippen molar-refractivity contribution < 1.29 is 19.1 Å². The van der Waals surface area contributed by atoms with Gasteiger partial charge in [-0.05, 0) is 18.2 Å². The number of para-hydroxylation sites is 1. The van der Waals surface area contributed by atoms with Crippen LogP contribution < -0.4 is 16.0 Å². The fraction of sp³-hybridized carbons (Fsp3) is 0.133. The van der Waals surface area contributed by atoms with E-state index >= 15 is 0 Å². The third-order valence-electron chi connectivity index (χ3n) is 3.23. The number of carbonyl (C=O) groups excluding carboxylic acids is 3. The van der Waals surface area contributed by atoms with Crippen LogP contribution >= 0.6 is 0 Å². The number of methoxy groups -OCH3 is 1. The van der Waals surface area contributed by atoms with Crippen LogP contribution in [-0.4, -0.2) is 36.2 Å². The highest BCUT2D eigenvalue weighted by Crippen LogP contribution is 2.24. The summed E-state index contributed by atoms with van der Waals surface area (Å²) in [7, 11) is 1.44. The summed E-state index contributed by atoms with van der Waals surface area (Å²) in [5.41, 5.74) is 2.37. The molecule has 0 aliphatic carbocycles. The van der Waals surface area contributed by atoms with Gasteiger partial charge in [-0.3, -0.25) is 24.7 Å². The lowest BCUT2D eigenvalue weighted by Gasteiger charge is -2.30. The van der Waals surface area contributed by atoms with E-state index in [2.05, 4.69) is 0 Å². The number of amides is 2. The third-order valence-corrected chi connectivity index (χ3v) is 3.23. The van der Waals surface area contributed by atoms with Crippen LogP contribution in [0, 0.1) is 0 Å². The molecular formula is C15H15N3O4. The zero-order chi connectivity index (χ0) is 16.1. The number of hydrogen-bond donors (Lipinski definition) is 2. The molecular weight excluding hydrogens is 286 g/mol. The second kappa shape index (κ2) is 6.68. The minimum absolute atomic E-state index is 0.133. The van der Waals surface area contributed by atoms with Gasteiger partial charge in [0.05, 0.1) is 12.7 Å². The van der Waals surface area contributed by atoms with E-state index in [9.17, 15) is 14.4 Å². The van der Waals surface area contributed by atoms with Gasteiger partial charge in [-0.15, -0.1) is 0 Å². The Morgan fingerprint density at radius 3 is 2.73 bits per heavy atom. The number of nitrogens with two attached hydrogens (primary N) is 1. The molecule has 0 radical (unpaired) electrons. The van der Waals surface area contributed by atoms with Crippen molar-refractivity contribution in [1.29, 1.82) is 0 Å². The maximum Gasteiger partial charge on any atom is 0.262 e. The first-order valence-corrected chi connectivity index (χ1v) is 6.43. The molecule has 1 unspecified atom stereocenters. The van der Waals surface area contributed by atoms with Gasteiger partial charge in [-0.2, -0.15) is 0 Å². The van der Waals surface area contributed by atoms with Crippen LogP contribution in [0.5, 0.6) is 5.75 Å². The van der Waals surface area contributed by atoms with Gasteiger partial charge in [0.15, 0.2) is 0 Å². The Kier molecular flexibility index (Phi) is 4.70. The van der Waals surface area contributed by atoms with Crippen LogP contribution in [0.2, 0.25) is 0 Å². The van der Waals surface area contributed by atoms with Crippen molar-refractivity contribution in [2.75, 3.05) is 7.11 Å². The highest BCUT2D eigenvalue weighted by molar-refractivity contribution is 6.03. The molecule has 0 fully saturated rings. The molecule has 1 aliphatic heterocycles. The number of nitrogens with zero attached hydrogens (tertiary/aromatic N) is 1. The summed E-state index contributed by atoms with van der Waals surface area (Å²) in [5, 5.41) is 0. The van der Waals surface area contributed by atoms with Crippen LogP contribution in [0.3, 0.4) is 0 Å². The van der Waals surface area contributed by atoms with E-state index in [4.69, 9.17) is 10.6 Å². The van der Waals surface area contributed by atoms with Crippen LogP contribution in [0.15, 0.2) is 48.2 Å². The minimum Gasteiger partial charge on any atom is -0.496 e. The third kappa shape index (κ3) is 2.75. The van der Waals surface area contributed by atoms with Crippen molar-refractivity contribution in [3.8, 4) is 5.75 Å². The Bertz CT molecular complexity index is 667. The van der Waals surface area contributed by atoms with Gasteiger partial charge >= 0.3 is 0 Å². The highest BCUT2D eigenvalue weighted by atomic mass is 16.5. The first-order valence-electron chi connectivity index (χ1n) is 6.43. The molecule has 2 rings (SSSR count). The normalized spacial score (nSPS) is 16.7. The number of aldehydes is 1. The molecule has 114 valence electrons. The number of carbonyl (C=O) groups is 3. The number of nitrogens with one attached hydrogen (secondary N) is 1. The average Bonchev–Trinajstić information content (AvgIpc) is 2.59. The lowest BCUT2D eigenvalue weighted by Crippen LogP contribution is -2.51. The molecule has 1 atom stereocenters. The molecule has 0 spiro atoms.